The molecule has 0 amide bonds. The van der Waals surface area contributed by atoms with E-state index in [2.05, 4.69) is 29.1 Å². The fraction of sp³-hybridized carbons (Fsp3) is 0.231. The highest BCUT2D eigenvalue weighted by Gasteiger charge is 2.08. The topological polar surface area (TPSA) is 32.3 Å². The van der Waals surface area contributed by atoms with Gasteiger partial charge in [-0.2, -0.15) is 11.3 Å². The van der Waals surface area contributed by atoms with Crippen LogP contribution in [0.25, 0.3) is 0 Å². The van der Waals surface area contributed by atoms with Crippen molar-refractivity contribution in [3.05, 3.63) is 46.7 Å². The predicted molar refractivity (Wildman–Crippen MR) is 69.1 cm³/mol. The molecule has 0 aliphatic heterocycles. The molecule has 0 aliphatic rings. The molecule has 0 saturated carbocycles. The Morgan fingerprint density at radius 3 is 2.56 bits per heavy atom. The van der Waals surface area contributed by atoms with Crippen LogP contribution >= 0.6 is 11.3 Å². The van der Waals surface area contributed by atoms with Crippen LogP contribution in [0, 0.1) is 0 Å². The Labute approximate surface area is 99.6 Å². The molecule has 2 aromatic rings. The smallest absolute Gasteiger partial charge is 0.115 e. The maximum Gasteiger partial charge on any atom is 0.115 e. The first-order valence-electron chi connectivity index (χ1n) is 5.37. The predicted octanol–water partition coefficient (Wildman–Crippen LogP) is 4.02. The zero-order valence-corrected chi connectivity index (χ0v) is 10.00. The summed E-state index contributed by atoms with van der Waals surface area (Å²) >= 11 is 1.69. The van der Waals surface area contributed by atoms with Crippen molar-refractivity contribution in [2.45, 2.75) is 19.4 Å². The van der Waals surface area contributed by atoms with Crippen LogP contribution in [-0.2, 0) is 0 Å². The second-order valence-electron chi connectivity index (χ2n) is 3.71. The van der Waals surface area contributed by atoms with E-state index in [0.29, 0.717) is 11.8 Å². The van der Waals surface area contributed by atoms with Crippen LogP contribution in [0.2, 0.25) is 0 Å². The maximum atomic E-state index is 9.25. The van der Waals surface area contributed by atoms with Crippen molar-refractivity contribution in [3.8, 4) is 5.75 Å². The second-order valence-corrected chi connectivity index (χ2v) is 4.49. The van der Waals surface area contributed by atoms with Crippen LogP contribution in [-0.4, -0.2) is 5.11 Å². The van der Waals surface area contributed by atoms with Gasteiger partial charge >= 0.3 is 0 Å². The quantitative estimate of drug-likeness (QED) is 0.836. The van der Waals surface area contributed by atoms with Crippen molar-refractivity contribution < 1.29 is 5.11 Å². The summed E-state index contributed by atoms with van der Waals surface area (Å²) < 4.78 is 0. The number of hydrogen-bond acceptors (Lipinski definition) is 3. The molecule has 2 rings (SSSR count). The Bertz CT molecular complexity index is 422. The fourth-order valence-corrected chi connectivity index (χ4v) is 2.27. The van der Waals surface area contributed by atoms with Crippen molar-refractivity contribution >= 4 is 17.0 Å². The van der Waals surface area contributed by atoms with E-state index in [4.69, 9.17) is 0 Å². The van der Waals surface area contributed by atoms with Gasteiger partial charge in [0.1, 0.15) is 5.75 Å². The molecule has 16 heavy (non-hydrogen) atoms. The highest BCUT2D eigenvalue weighted by Crippen LogP contribution is 2.25. The van der Waals surface area contributed by atoms with Gasteiger partial charge in [0.15, 0.2) is 0 Å². The largest absolute Gasteiger partial charge is 0.508 e. The molecule has 1 aromatic heterocycles. The Kier molecular flexibility index (Phi) is 3.47. The van der Waals surface area contributed by atoms with Crippen molar-refractivity contribution in [3.63, 3.8) is 0 Å². The highest BCUT2D eigenvalue weighted by molar-refractivity contribution is 7.08. The molecule has 1 aromatic carbocycles. The number of benzene rings is 1. The monoisotopic (exact) mass is 233 g/mol. The number of nitrogens with one attached hydrogen (secondary N) is 1. The SMILES string of the molecule is CCC(Nc1ccsc1)c1ccc(O)cc1. The maximum absolute atomic E-state index is 9.25. The van der Waals surface area contributed by atoms with Crippen LogP contribution in [0.5, 0.6) is 5.75 Å². The lowest BCUT2D eigenvalue weighted by Crippen LogP contribution is -2.08. The van der Waals surface area contributed by atoms with E-state index in [-0.39, 0.29) is 0 Å². The summed E-state index contributed by atoms with van der Waals surface area (Å²) in [7, 11) is 0. The van der Waals surface area contributed by atoms with Crippen LogP contribution in [0.3, 0.4) is 0 Å². The molecule has 0 spiro atoms. The Hall–Kier alpha value is -1.48. The molecule has 2 N–H and O–H groups in total. The summed E-state index contributed by atoms with van der Waals surface area (Å²) in [5, 5.41) is 16.9. The standard InChI is InChI=1S/C13H15NOS/c1-2-13(14-11-7-8-16-9-11)10-3-5-12(15)6-4-10/h3-9,13-15H,2H2,1H3. The fourth-order valence-electron chi connectivity index (χ4n) is 1.68. The lowest BCUT2D eigenvalue weighted by atomic mass is 10.0. The zero-order chi connectivity index (χ0) is 11.4. The molecule has 0 radical (unpaired) electrons. The van der Waals surface area contributed by atoms with Crippen LogP contribution in [0.4, 0.5) is 5.69 Å². The van der Waals surface area contributed by atoms with Crippen molar-refractivity contribution in [1.29, 1.82) is 0 Å². The average Bonchev–Trinajstić information content (AvgIpc) is 2.80. The lowest BCUT2D eigenvalue weighted by Gasteiger charge is -2.17. The molecule has 0 saturated heterocycles. The van der Waals surface area contributed by atoms with Crippen molar-refractivity contribution in [2.75, 3.05) is 5.32 Å². The summed E-state index contributed by atoms with van der Waals surface area (Å²) in [4.78, 5) is 0. The van der Waals surface area contributed by atoms with E-state index < -0.39 is 0 Å². The van der Waals surface area contributed by atoms with Gasteiger partial charge in [0.05, 0.1) is 6.04 Å². The average molecular weight is 233 g/mol. The van der Waals surface area contributed by atoms with Crippen LogP contribution in [0.15, 0.2) is 41.1 Å². The van der Waals surface area contributed by atoms with Gasteiger partial charge in [0.25, 0.3) is 0 Å². The number of hydrogen-bond donors (Lipinski definition) is 2. The third-order valence-electron chi connectivity index (χ3n) is 2.57. The molecule has 0 aliphatic carbocycles. The minimum absolute atomic E-state index is 0.301. The summed E-state index contributed by atoms with van der Waals surface area (Å²) in [5.74, 6) is 0.314. The highest BCUT2D eigenvalue weighted by atomic mass is 32.1. The number of aromatic hydroxyl groups is 1. The molecule has 1 unspecified atom stereocenters. The molecule has 0 fully saturated rings. The van der Waals surface area contributed by atoms with Crippen LogP contribution in [0.1, 0.15) is 24.9 Å². The van der Waals surface area contributed by atoms with Gasteiger partial charge in [0, 0.05) is 11.1 Å². The number of rotatable bonds is 4. The van der Waals surface area contributed by atoms with E-state index in [9.17, 15) is 5.11 Å². The molecular weight excluding hydrogens is 218 g/mol. The molecule has 0 bridgehead atoms. The molecule has 1 atom stereocenters. The molecule has 2 nitrogen and oxygen atoms in total. The molecule has 1 heterocycles. The van der Waals surface area contributed by atoms with Crippen molar-refractivity contribution in [1.82, 2.24) is 0 Å². The molecular formula is C13H15NOS. The normalized spacial score (nSPS) is 12.3. The number of anilines is 1. The van der Waals surface area contributed by atoms with Gasteiger partial charge in [-0.15, -0.1) is 0 Å². The number of phenolic OH excluding ortho intramolecular Hbond substituents is 1. The first-order chi connectivity index (χ1) is 7.79. The first-order valence-corrected chi connectivity index (χ1v) is 6.31. The Morgan fingerprint density at radius 2 is 2.00 bits per heavy atom. The van der Waals surface area contributed by atoms with E-state index in [0.717, 1.165) is 12.1 Å². The summed E-state index contributed by atoms with van der Waals surface area (Å²) in [6.07, 6.45) is 1.01. The zero-order valence-electron chi connectivity index (χ0n) is 9.18. The van der Waals surface area contributed by atoms with Gasteiger partial charge in [-0.25, -0.2) is 0 Å². The van der Waals surface area contributed by atoms with Gasteiger partial charge in [-0.3, -0.25) is 0 Å². The third-order valence-corrected chi connectivity index (χ3v) is 3.25. The van der Waals surface area contributed by atoms with E-state index in [1.54, 1.807) is 23.5 Å². The van der Waals surface area contributed by atoms with E-state index in [1.165, 1.54) is 5.56 Å². The third kappa shape index (κ3) is 2.55. The lowest BCUT2D eigenvalue weighted by molar-refractivity contribution is 0.475. The van der Waals surface area contributed by atoms with Gasteiger partial charge < -0.3 is 10.4 Å². The molecule has 3 heteroatoms. The summed E-state index contributed by atoms with van der Waals surface area (Å²) in [6.45, 7) is 2.15. The van der Waals surface area contributed by atoms with Gasteiger partial charge in [-0.1, -0.05) is 19.1 Å². The van der Waals surface area contributed by atoms with Crippen LogP contribution < -0.4 is 5.32 Å². The van der Waals surface area contributed by atoms with Gasteiger partial charge in [0.2, 0.25) is 0 Å². The number of thiophene rings is 1. The van der Waals surface area contributed by atoms with Gasteiger partial charge in [-0.05, 0) is 35.6 Å². The van der Waals surface area contributed by atoms with Crippen molar-refractivity contribution in [2.24, 2.45) is 0 Å². The van der Waals surface area contributed by atoms with E-state index in [1.807, 2.05) is 12.1 Å². The first kappa shape index (κ1) is 11.0. The second kappa shape index (κ2) is 5.03. The Morgan fingerprint density at radius 1 is 1.25 bits per heavy atom. The summed E-state index contributed by atoms with van der Waals surface area (Å²) in [6, 6.07) is 9.76. The minimum atomic E-state index is 0.301. The minimum Gasteiger partial charge on any atom is -0.508 e. The summed E-state index contributed by atoms with van der Waals surface area (Å²) in [5.41, 5.74) is 2.36. The Balaban J connectivity index is 2.13. The number of phenols is 1. The molecule has 84 valence electrons. The van der Waals surface area contributed by atoms with E-state index >= 15 is 0 Å².